The van der Waals surface area contributed by atoms with Crippen molar-refractivity contribution in [1.82, 2.24) is 0 Å². The van der Waals surface area contributed by atoms with Gasteiger partial charge in [-0.05, 0) is 91.7 Å². The Labute approximate surface area is 320 Å². The Morgan fingerprint density at radius 1 is 0.382 bits per heavy atom. The van der Waals surface area contributed by atoms with Crippen LogP contribution in [0, 0.1) is 0 Å². The van der Waals surface area contributed by atoms with Crippen LogP contribution in [0.25, 0.3) is 55.0 Å². The molecule has 0 N–H and O–H groups in total. The van der Waals surface area contributed by atoms with E-state index in [1.54, 1.807) is 0 Å². The van der Waals surface area contributed by atoms with Crippen LogP contribution in [-0.4, -0.2) is 0 Å². The Morgan fingerprint density at radius 2 is 0.909 bits per heavy atom. The number of fused-ring (bicyclic) bond motifs is 8. The second-order valence-corrected chi connectivity index (χ2v) is 14.4. The average Bonchev–Trinajstić information content (AvgIpc) is 3.80. The summed E-state index contributed by atoms with van der Waals surface area (Å²) in [6, 6.07) is 76.7. The van der Waals surface area contributed by atoms with Gasteiger partial charge in [0.2, 0.25) is 0 Å². The first-order chi connectivity index (χ1) is 27.3. The number of hydrogen-bond acceptors (Lipinski definition) is 2. The zero-order chi connectivity index (χ0) is 36.3. The number of anilines is 3. The molecular weight excluding hydrogens is 667 g/mol. The highest BCUT2D eigenvalue weighted by Crippen LogP contribution is 2.56. The summed E-state index contributed by atoms with van der Waals surface area (Å²) >= 11 is 0. The lowest BCUT2D eigenvalue weighted by atomic mass is 9.68. The maximum absolute atomic E-state index is 6.99. The van der Waals surface area contributed by atoms with Crippen molar-refractivity contribution in [3.05, 3.63) is 235 Å². The van der Waals surface area contributed by atoms with Gasteiger partial charge in [-0.25, -0.2) is 0 Å². The summed E-state index contributed by atoms with van der Waals surface area (Å²) in [5.74, 6) is 0. The van der Waals surface area contributed by atoms with Crippen LogP contribution in [0.1, 0.15) is 22.3 Å². The molecule has 0 bridgehead atoms. The third kappa shape index (κ3) is 4.68. The van der Waals surface area contributed by atoms with Gasteiger partial charge in [-0.1, -0.05) is 176 Å². The van der Waals surface area contributed by atoms with Gasteiger partial charge < -0.3 is 9.32 Å². The number of rotatable bonds is 6. The molecule has 0 amide bonds. The molecule has 10 aromatic rings. The molecule has 0 unspecified atom stereocenters. The van der Waals surface area contributed by atoms with E-state index in [1.807, 2.05) is 0 Å². The molecule has 1 aromatic heterocycles. The van der Waals surface area contributed by atoms with Gasteiger partial charge >= 0.3 is 0 Å². The standard InChI is InChI=1S/C53H35NO/c1-4-17-36(18-5-1)46-35-50-51(44-26-11-10-23-41(44)46)45-27-16-30-49(52(45)55-50)54(39-21-8-3-9-22-39)40-33-31-38(32-34-40)53(37-19-6-2-7-20-37)47-28-14-12-24-42(47)43-25-13-15-29-48(43)53/h1-35H. The molecule has 1 heterocycles. The topological polar surface area (TPSA) is 16.4 Å². The summed E-state index contributed by atoms with van der Waals surface area (Å²) in [5, 5.41) is 4.64. The lowest BCUT2D eigenvalue weighted by Gasteiger charge is -2.34. The molecule has 258 valence electrons. The summed E-state index contributed by atoms with van der Waals surface area (Å²) in [6.07, 6.45) is 0. The summed E-state index contributed by atoms with van der Waals surface area (Å²) in [7, 11) is 0. The molecular formula is C53H35NO. The predicted octanol–water partition coefficient (Wildman–Crippen LogP) is 14.2. The molecule has 0 aliphatic heterocycles. The molecule has 9 aromatic carbocycles. The number of hydrogen-bond donors (Lipinski definition) is 0. The van der Waals surface area contributed by atoms with Crippen LogP contribution in [0.5, 0.6) is 0 Å². The highest BCUT2D eigenvalue weighted by molar-refractivity contribution is 6.23. The molecule has 0 radical (unpaired) electrons. The Morgan fingerprint density at radius 3 is 1.60 bits per heavy atom. The van der Waals surface area contributed by atoms with Crippen LogP contribution in [0.15, 0.2) is 217 Å². The van der Waals surface area contributed by atoms with E-state index in [2.05, 4.69) is 217 Å². The largest absolute Gasteiger partial charge is 0.454 e. The lowest BCUT2D eigenvalue weighted by Crippen LogP contribution is -2.28. The van der Waals surface area contributed by atoms with Crippen LogP contribution in [-0.2, 0) is 5.41 Å². The second kappa shape index (κ2) is 12.5. The van der Waals surface area contributed by atoms with Crippen molar-refractivity contribution >= 4 is 49.8 Å². The monoisotopic (exact) mass is 701 g/mol. The first-order valence-corrected chi connectivity index (χ1v) is 18.9. The molecule has 2 nitrogen and oxygen atoms in total. The normalized spacial score (nSPS) is 12.9. The molecule has 1 aliphatic carbocycles. The summed E-state index contributed by atoms with van der Waals surface area (Å²) < 4.78 is 6.99. The summed E-state index contributed by atoms with van der Waals surface area (Å²) in [4.78, 5) is 2.33. The molecule has 55 heavy (non-hydrogen) atoms. The SMILES string of the molecule is c1ccc(-c2cc3oc4c(N(c5ccccc5)c5ccc(C6(c7ccccc7)c7ccccc7-c7ccccc76)cc5)cccc4c3c3ccccc23)cc1. The van der Waals surface area contributed by atoms with Gasteiger partial charge in [0.15, 0.2) is 5.58 Å². The van der Waals surface area contributed by atoms with Gasteiger partial charge in [0.1, 0.15) is 5.58 Å². The molecule has 0 atom stereocenters. The van der Waals surface area contributed by atoms with E-state index < -0.39 is 5.41 Å². The van der Waals surface area contributed by atoms with Gasteiger partial charge in [-0.2, -0.15) is 0 Å². The van der Waals surface area contributed by atoms with Crippen molar-refractivity contribution < 1.29 is 4.42 Å². The van der Waals surface area contributed by atoms with Crippen LogP contribution in [0.3, 0.4) is 0 Å². The highest BCUT2D eigenvalue weighted by Gasteiger charge is 2.45. The minimum absolute atomic E-state index is 0.458. The Hall–Kier alpha value is -7.16. The van der Waals surface area contributed by atoms with E-state index >= 15 is 0 Å². The molecule has 0 saturated heterocycles. The van der Waals surface area contributed by atoms with E-state index in [0.29, 0.717) is 0 Å². The Balaban J connectivity index is 1.13. The minimum Gasteiger partial charge on any atom is -0.454 e. The zero-order valence-corrected chi connectivity index (χ0v) is 30.1. The van der Waals surface area contributed by atoms with Gasteiger partial charge in [-0.15, -0.1) is 0 Å². The van der Waals surface area contributed by atoms with Crippen LogP contribution >= 0.6 is 0 Å². The first-order valence-electron chi connectivity index (χ1n) is 18.9. The van der Waals surface area contributed by atoms with Crippen molar-refractivity contribution in [2.75, 3.05) is 4.90 Å². The van der Waals surface area contributed by atoms with E-state index in [-0.39, 0.29) is 0 Å². The number of para-hydroxylation sites is 2. The smallest absolute Gasteiger partial charge is 0.159 e. The fourth-order valence-corrected chi connectivity index (χ4v) is 9.26. The van der Waals surface area contributed by atoms with Crippen molar-refractivity contribution in [2.24, 2.45) is 0 Å². The maximum Gasteiger partial charge on any atom is 0.159 e. The van der Waals surface area contributed by atoms with E-state index in [9.17, 15) is 0 Å². The van der Waals surface area contributed by atoms with E-state index in [4.69, 9.17) is 4.42 Å². The lowest BCUT2D eigenvalue weighted by molar-refractivity contribution is 0.669. The molecule has 11 rings (SSSR count). The third-order valence-corrected chi connectivity index (χ3v) is 11.5. The third-order valence-electron chi connectivity index (χ3n) is 11.5. The van der Waals surface area contributed by atoms with Crippen LogP contribution < -0.4 is 4.90 Å². The quantitative estimate of drug-likeness (QED) is 0.172. The average molecular weight is 702 g/mol. The molecule has 0 saturated carbocycles. The highest BCUT2D eigenvalue weighted by atomic mass is 16.3. The van der Waals surface area contributed by atoms with E-state index in [0.717, 1.165) is 39.0 Å². The second-order valence-electron chi connectivity index (χ2n) is 14.4. The Kier molecular flexibility index (Phi) is 7.11. The van der Waals surface area contributed by atoms with Crippen molar-refractivity contribution in [2.45, 2.75) is 5.41 Å². The van der Waals surface area contributed by atoms with Crippen molar-refractivity contribution in [1.29, 1.82) is 0 Å². The Bertz CT molecular complexity index is 2970. The first kappa shape index (κ1) is 31.4. The van der Waals surface area contributed by atoms with Crippen LogP contribution in [0.2, 0.25) is 0 Å². The summed E-state index contributed by atoms with van der Waals surface area (Å²) in [6.45, 7) is 0. The minimum atomic E-state index is -0.458. The molecule has 1 aliphatic rings. The maximum atomic E-state index is 6.99. The number of nitrogens with zero attached hydrogens (tertiary/aromatic N) is 1. The van der Waals surface area contributed by atoms with Crippen molar-refractivity contribution in [3.8, 4) is 22.3 Å². The summed E-state index contributed by atoms with van der Waals surface area (Å²) in [5.41, 5.74) is 14.4. The van der Waals surface area contributed by atoms with Gasteiger partial charge in [0.05, 0.1) is 11.1 Å². The van der Waals surface area contributed by atoms with E-state index in [1.165, 1.54) is 55.3 Å². The van der Waals surface area contributed by atoms with Gasteiger partial charge in [0.25, 0.3) is 0 Å². The van der Waals surface area contributed by atoms with Gasteiger partial charge in [-0.3, -0.25) is 0 Å². The fourth-order valence-electron chi connectivity index (χ4n) is 9.26. The predicted molar refractivity (Wildman–Crippen MR) is 229 cm³/mol. The van der Waals surface area contributed by atoms with Crippen LogP contribution in [0.4, 0.5) is 17.1 Å². The van der Waals surface area contributed by atoms with Crippen molar-refractivity contribution in [3.63, 3.8) is 0 Å². The number of furan rings is 1. The van der Waals surface area contributed by atoms with Gasteiger partial charge in [0, 0.05) is 22.1 Å². The zero-order valence-electron chi connectivity index (χ0n) is 30.1. The molecule has 0 spiro atoms. The molecule has 0 fully saturated rings. The number of benzene rings is 9. The molecule has 2 heteroatoms. The fraction of sp³-hybridized carbons (Fsp3) is 0.0189.